The zero-order chi connectivity index (χ0) is 12.6. The van der Waals surface area contributed by atoms with Crippen molar-refractivity contribution < 1.29 is 14.7 Å². The SMILES string of the molecule is COCC(=O)NC1CC(C)(C)N(O)C1(C)C. The zero-order valence-corrected chi connectivity index (χ0v) is 10.7. The second-order valence-corrected chi connectivity index (χ2v) is 5.54. The van der Waals surface area contributed by atoms with Gasteiger partial charge >= 0.3 is 0 Å². The molecule has 0 bridgehead atoms. The Labute approximate surface area is 96.7 Å². The number of rotatable bonds is 3. The van der Waals surface area contributed by atoms with Crippen LogP contribution in [0.25, 0.3) is 0 Å². The maximum Gasteiger partial charge on any atom is 0.246 e. The van der Waals surface area contributed by atoms with Crippen LogP contribution in [0.1, 0.15) is 34.1 Å². The molecule has 1 atom stereocenters. The molecule has 0 aromatic carbocycles. The lowest BCUT2D eigenvalue weighted by Crippen LogP contribution is -2.53. The molecule has 1 aliphatic heterocycles. The van der Waals surface area contributed by atoms with E-state index in [2.05, 4.69) is 5.32 Å². The first-order valence-electron chi connectivity index (χ1n) is 5.49. The summed E-state index contributed by atoms with van der Waals surface area (Å²) in [6.45, 7) is 7.80. The first-order valence-corrected chi connectivity index (χ1v) is 5.49. The Kier molecular flexibility index (Phi) is 3.62. The molecule has 1 aliphatic rings. The third kappa shape index (κ3) is 2.36. The van der Waals surface area contributed by atoms with Gasteiger partial charge in [0, 0.05) is 12.6 Å². The van der Waals surface area contributed by atoms with Gasteiger partial charge < -0.3 is 15.3 Å². The van der Waals surface area contributed by atoms with Gasteiger partial charge in [-0.05, 0) is 34.1 Å². The summed E-state index contributed by atoms with van der Waals surface area (Å²) in [5, 5.41) is 14.3. The van der Waals surface area contributed by atoms with Crippen molar-refractivity contribution in [3.8, 4) is 0 Å². The molecule has 5 heteroatoms. The highest BCUT2D eigenvalue weighted by Crippen LogP contribution is 2.38. The van der Waals surface area contributed by atoms with Gasteiger partial charge in [-0.25, -0.2) is 0 Å². The molecule has 0 aromatic rings. The number of hydroxylamine groups is 2. The number of nitrogens with one attached hydrogen (secondary N) is 1. The molecule has 1 amide bonds. The summed E-state index contributed by atoms with van der Waals surface area (Å²) in [4.78, 5) is 11.5. The highest BCUT2D eigenvalue weighted by atomic mass is 16.5. The molecule has 1 unspecified atom stereocenters. The largest absolute Gasteiger partial charge is 0.375 e. The van der Waals surface area contributed by atoms with Gasteiger partial charge in [-0.2, -0.15) is 5.06 Å². The van der Waals surface area contributed by atoms with Crippen LogP contribution in [0, 0.1) is 0 Å². The van der Waals surface area contributed by atoms with Gasteiger partial charge in [-0.15, -0.1) is 0 Å². The number of amides is 1. The van der Waals surface area contributed by atoms with E-state index in [1.165, 1.54) is 12.2 Å². The third-order valence-corrected chi connectivity index (χ3v) is 3.29. The van der Waals surface area contributed by atoms with Crippen LogP contribution in [0.5, 0.6) is 0 Å². The predicted molar refractivity (Wildman–Crippen MR) is 60.2 cm³/mol. The maximum atomic E-state index is 11.5. The summed E-state index contributed by atoms with van der Waals surface area (Å²) < 4.78 is 4.77. The van der Waals surface area contributed by atoms with E-state index in [4.69, 9.17) is 4.74 Å². The predicted octanol–water partition coefficient (Wildman–Crippen LogP) is 0.770. The van der Waals surface area contributed by atoms with Crippen LogP contribution in [0.15, 0.2) is 0 Å². The van der Waals surface area contributed by atoms with Crippen LogP contribution in [0.4, 0.5) is 0 Å². The standard InChI is InChI=1S/C11H22N2O3/c1-10(2)6-8(11(3,4)13(10)15)12-9(14)7-16-5/h8,15H,6-7H2,1-5H3,(H,12,14). The highest BCUT2D eigenvalue weighted by Gasteiger charge is 2.51. The van der Waals surface area contributed by atoms with Crippen LogP contribution in [-0.2, 0) is 9.53 Å². The van der Waals surface area contributed by atoms with Crippen molar-refractivity contribution in [2.24, 2.45) is 0 Å². The number of carbonyl (C=O) groups excluding carboxylic acids is 1. The Morgan fingerprint density at radius 2 is 2.06 bits per heavy atom. The van der Waals surface area contributed by atoms with Gasteiger partial charge in [-0.3, -0.25) is 4.79 Å². The van der Waals surface area contributed by atoms with Crippen molar-refractivity contribution in [1.29, 1.82) is 0 Å². The van der Waals surface area contributed by atoms with Gasteiger partial charge in [0.1, 0.15) is 6.61 Å². The molecular formula is C11H22N2O3. The van der Waals surface area contributed by atoms with Gasteiger partial charge in [0.05, 0.1) is 11.6 Å². The fourth-order valence-electron chi connectivity index (χ4n) is 2.36. The molecule has 0 radical (unpaired) electrons. The number of hydrogen-bond acceptors (Lipinski definition) is 4. The molecule has 16 heavy (non-hydrogen) atoms. The quantitative estimate of drug-likeness (QED) is 0.752. The minimum Gasteiger partial charge on any atom is -0.375 e. The fourth-order valence-corrected chi connectivity index (χ4v) is 2.36. The summed E-state index contributed by atoms with van der Waals surface area (Å²) >= 11 is 0. The van der Waals surface area contributed by atoms with Crippen LogP contribution in [0.2, 0.25) is 0 Å². The number of nitrogens with zero attached hydrogens (tertiary/aromatic N) is 1. The van der Waals surface area contributed by atoms with Gasteiger partial charge in [0.15, 0.2) is 0 Å². The van der Waals surface area contributed by atoms with Crippen molar-refractivity contribution in [2.75, 3.05) is 13.7 Å². The lowest BCUT2D eigenvalue weighted by molar-refractivity contribution is -0.194. The van der Waals surface area contributed by atoms with Crippen LogP contribution >= 0.6 is 0 Å². The summed E-state index contributed by atoms with van der Waals surface area (Å²) in [7, 11) is 1.49. The molecule has 94 valence electrons. The minimum absolute atomic E-state index is 0.0540. The zero-order valence-electron chi connectivity index (χ0n) is 10.7. The van der Waals surface area contributed by atoms with Crippen LogP contribution < -0.4 is 5.32 Å². The minimum atomic E-state index is -0.465. The van der Waals surface area contributed by atoms with E-state index in [1.807, 2.05) is 27.7 Å². The van der Waals surface area contributed by atoms with E-state index >= 15 is 0 Å². The Morgan fingerprint density at radius 3 is 2.44 bits per heavy atom. The molecule has 0 spiro atoms. The molecule has 5 nitrogen and oxygen atoms in total. The monoisotopic (exact) mass is 230 g/mol. The van der Waals surface area contributed by atoms with Crippen molar-refractivity contribution in [3.05, 3.63) is 0 Å². The Bertz CT molecular complexity index is 276. The third-order valence-electron chi connectivity index (χ3n) is 3.29. The number of methoxy groups -OCH3 is 1. The van der Waals surface area contributed by atoms with Crippen molar-refractivity contribution in [2.45, 2.75) is 51.2 Å². The van der Waals surface area contributed by atoms with E-state index in [9.17, 15) is 10.0 Å². The first-order chi connectivity index (χ1) is 7.21. The van der Waals surface area contributed by atoms with Gasteiger partial charge in [-0.1, -0.05) is 0 Å². The summed E-state index contributed by atoms with van der Waals surface area (Å²) in [6.07, 6.45) is 0.714. The Hall–Kier alpha value is -0.650. The van der Waals surface area contributed by atoms with Crippen molar-refractivity contribution >= 4 is 5.91 Å². The summed E-state index contributed by atoms with van der Waals surface area (Å²) in [5.74, 6) is -0.147. The maximum absolute atomic E-state index is 11.5. The van der Waals surface area contributed by atoms with E-state index < -0.39 is 5.54 Å². The average molecular weight is 230 g/mol. The molecule has 1 saturated heterocycles. The fraction of sp³-hybridized carbons (Fsp3) is 0.909. The van der Waals surface area contributed by atoms with E-state index in [1.54, 1.807) is 0 Å². The van der Waals surface area contributed by atoms with Crippen LogP contribution in [-0.4, -0.2) is 47.0 Å². The van der Waals surface area contributed by atoms with Crippen LogP contribution in [0.3, 0.4) is 0 Å². The summed E-state index contributed by atoms with van der Waals surface area (Å²) in [5.41, 5.74) is -0.790. The van der Waals surface area contributed by atoms with Crippen molar-refractivity contribution in [1.82, 2.24) is 10.4 Å². The molecular weight excluding hydrogens is 208 g/mol. The Morgan fingerprint density at radius 1 is 1.50 bits per heavy atom. The molecule has 0 aliphatic carbocycles. The molecule has 0 saturated carbocycles. The smallest absolute Gasteiger partial charge is 0.246 e. The van der Waals surface area contributed by atoms with E-state index in [0.717, 1.165) is 0 Å². The van der Waals surface area contributed by atoms with E-state index in [-0.39, 0.29) is 24.1 Å². The molecule has 1 rings (SSSR count). The topological polar surface area (TPSA) is 61.8 Å². The first kappa shape index (κ1) is 13.4. The van der Waals surface area contributed by atoms with Crippen molar-refractivity contribution in [3.63, 3.8) is 0 Å². The Balaban J connectivity index is 2.72. The molecule has 1 fully saturated rings. The number of hydrogen-bond donors (Lipinski definition) is 2. The highest BCUT2D eigenvalue weighted by molar-refractivity contribution is 5.77. The van der Waals surface area contributed by atoms with E-state index in [0.29, 0.717) is 6.42 Å². The second kappa shape index (κ2) is 4.31. The normalized spacial score (nSPS) is 28.0. The van der Waals surface area contributed by atoms with Gasteiger partial charge in [0.2, 0.25) is 5.91 Å². The lowest BCUT2D eigenvalue weighted by Gasteiger charge is -2.35. The lowest BCUT2D eigenvalue weighted by atomic mass is 9.94. The molecule has 1 heterocycles. The second-order valence-electron chi connectivity index (χ2n) is 5.54. The van der Waals surface area contributed by atoms with Gasteiger partial charge in [0.25, 0.3) is 0 Å². The molecule has 0 aromatic heterocycles. The summed E-state index contributed by atoms with van der Waals surface area (Å²) in [6, 6.07) is -0.0739. The number of carbonyl (C=O) groups is 1. The average Bonchev–Trinajstić information content (AvgIpc) is 2.28. The molecule has 2 N–H and O–H groups in total. The number of ether oxygens (including phenoxy) is 1.